The maximum Gasteiger partial charge on any atom is 0.182 e. The average molecular weight is 181 g/mol. The monoisotopic (exact) mass is 181 g/mol. The van der Waals surface area contributed by atoms with Gasteiger partial charge in [0.2, 0.25) is 0 Å². The molecule has 0 aliphatic rings. The zero-order valence-electron chi connectivity index (χ0n) is 6.19. The fourth-order valence-electron chi connectivity index (χ4n) is 0.887. The van der Waals surface area contributed by atoms with Gasteiger partial charge in [0, 0.05) is 10.9 Å². The third kappa shape index (κ3) is 1.24. The summed E-state index contributed by atoms with van der Waals surface area (Å²) in [6, 6.07) is 1.94. The first kappa shape index (κ1) is 7.45. The van der Waals surface area contributed by atoms with Crippen molar-refractivity contribution in [1.82, 2.24) is 15.2 Å². The van der Waals surface area contributed by atoms with Gasteiger partial charge in [0.15, 0.2) is 11.6 Å². The van der Waals surface area contributed by atoms with E-state index in [2.05, 4.69) is 15.2 Å². The predicted molar refractivity (Wildman–Crippen MR) is 45.6 cm³/mol. The number of hydrogen-bond donors (Lipinski definition) is 2. The van der Waals surface area contributed by atoms with Gasteiger partial charge in [0.05, 0.1) is 0 Å². The van der Waals surface area contributed by atoms with Crippen molar-refractivity contribution in [2.24, 2.45) is 0 Å². The van der Waals surface area contributed by atoms with Crippen LogP contribution in [0.5, 0.6) is 0 Å². The molecule has 0 aliphatic carbocycles. The lowest BCUT2D eigenvalue weighted by Gasteiger charge is -1.83. The third-order valence-corrected chi connectivity index (χ3v) is 2.14. The number of aromatic amines is 1. The third-order valence-electron chi connectivity index (χ3n) is 1.46. The van der Waals surface area contributed by atoms with E-state index in [0.717, 1.165) is 5.56 Å². The Bertz CT molecular complexity index is 354. The van der Waals surface area contributed by atoms with Crippen molar-refractivity contribution in [3.05, 3.63) is 22.7 Å². The number of aromatic nitrogens is 3. The number of rotatable bonds is 2. The number of H-pyrrole nitrogens is 1. The van der Waals surface area contributed by atoms with Crippen molar-refractivity contribution < 1.29 is 5.11 Å². The van der Waals surface area contributed by atoms with Gasteiger partial charge in [-0.3, -0.25) is 5.10 Å². The first-order chi connectivity index (χ1) is 5.90. The van der Waals surface area contributed by atoms with Crippen LogP contribution in [0.1, 0.15) is 5.82 Å². The molecule has 0 unspecified atom stereocenters. The molecular formula is C7H7N3OS. The molecule has 12 heavy (non-hydrogen) atoms. The summed E-state index contributed by atoms with van der Waals surface area (Å²) in [4.78, 5) is 4.06. The van der Waals surface area contributed by atoms with E-state index >= 15 is 0 Å². The lowest BCUT2D eigenvalue weighted by Crippen LogP contribution is -1.84. The quantitative estimate of drug-likeness (QED) is 0.727. The highest BCUT2D eigenvalue weighted by Gasteiger charge is 2.04. The van der Waals surface area contributed by atoms with E-state index in [4.69, 9.17) is 5.11 Å². The second kappa shape index (κ2) is 3.04. The summed E-state index contributed by atoms with van der Waals surface area (Å²) < 4.78 is 0. The summed E-state index contributed by atoms with van der Waals surface area (Å²) >= 11 is 1.59. The fourth-order valence-corrected chi connectivity index (χ4v) is 1.52. The number of aliphatic hydroxyl groups excluding tert-OH is 1. The molecule has 0 fully saturated rings. The molecule has 0 radical (unpaired) electrons. The van der Waals surface area contributed by atoms with Crippen molar-refractivity contribution >= 4 is 11.3 Å². The van der Waals surface area contributed by atoms with Crippen molar-refractivity contribution in [3.63, 3.8) is 0 Å². The van der Waals surface area contributed by atoms with Crippen molar-refractivity contribution in [3.8, 4) is 11.4 Å². The molecule has 62 valence electrons. The predicted octanol–water partition coefficient (Wildman–Crippen LogP) is 1.03. The molecule has 2 rings (SSSR count). The Morgan fingerprint density at radius 2 is 2.50 bits per heavy atom. The maximum absolute atomic E-state index is 8.72. The zero-order valence-corrected chi connectivity index (χ0v) is 7.01. The van der Waals surface area contributed by atoms with Crippen LogP contribution in [-0.2, 0) is 6.61 Å². The smallest absolute Gasteiger partial charge is 0.182 e. The summed E-state index contributed by atoms with van der Waals surface area (Å²) in [5.41, 5.74) is 0.982. The average Bonchev–Trinajstić information content (AvgIpc) is 2.75. The molecule has 2 heterocycles. The molecule has 2 N–H and O–H groups in total. The van der Waals surface area contributed by atoms with Crippen molar-refractivity contribution in [1.29, 1.82) is 0 Å². The lowest BCUT2D eigenvalue weighted by molar-refractivity contribution is 0.272. The van der Waals surface area contributed by atoms with Crippen LogP contribution in [0.15, 0.2) is 16.8 Å². The minimum Gasteiger partial charge on any atom is -0.388 e. The van der Waals surface area contributed by atoms with Gasteiger partial charge in [-0.2, -0.15) is 16.4 Å². The molecular weight excluding hydrogens is 174 g/mol. The number of hydrogen-bond acceptors (Lipinski definition) is 4. The summed E-state index contributed by atoms with van der Waals surface area (Å²) in [5, 5.41) is 19.2. The second-order valence-electron chi connectivity index (χ2n) is 2.28. The number of aliphatic hydroxyl groups is 1. The Morgan fingerprint density at radius 3 is 3.08 bits per heavy atom. The fraction of sp³-hybridized carbons (Fsp3) is 0.143. The molecule has 0 amide bonds. The van der Waals surface area contributed by atoms with Gasteiger partial charge in [0.1, 0.15) is 6.61 Å². The van der Waals surface area contributed by atoms with E-state index < -0.39 is 0 Å². The molecule has 0 aromatic carbocycles. The van der Waals surface area contributed by atoms with E-state index in [-0.39, 0.29) is 6.61 Å². The first-order valence-corrected chi connectivity index (χ1v) is 4.39. The molecule has 2 aromatic heterocycles. The summed E-state index contributed by atoms with van der Waals surface area (Å²) in [6.07, 6.45) is 0. The SMILES string of the molecule is OCc1nc(-c2ccsc2)n[nH]1. The van der Waals surface area contributed by atoms with Crippen LogP contribution >= 0.6 is 11.3 Å². The van der Waals surface area contributed by atoms with Crippen LogP contribution in [0.3, 0.4) is 0 Å². The molecule has 0 saturated heterocycles. The lowest BCUT2D eigenvalue weighted by atomic mass is 10.3. The van der Waals surface area contributed by atoms with Gasteiger partial charge in [0.25, 0.3) is 0 Å². The normalized spacial score (nSPS) is 10.4. The zero-order chi connectivity index (χ0) is 8.39. The first-order valence-electron chi connectivity index (χ1n) is 3.45. The minimum absolute atomic E-state index is 0.100. The topological polar surface area (TPSA) is 61.8 Å². The van der Waals surface area contributed by atoms with Crippen LogP contribution in [0.25, 0.3) is 11.4 Å². The van der Waals surface area contributed by atoms with Gasteiger partial charge in [-0.1, -0.05) is 0 Å². The van der Waals surface area contributed by atoms with Crippen molar-refractivity contribution in [2.45, 2.75) is 6.61 Å². The largest absolute Gasteiger partial charge is 0.388 e. The van der Waals surface area contributed by atoms with E-state index in [0.29, 0.717) is 11.6 Å². The highest BCUT2D eigenvalue weighted by Crippen LogP contribution is 2.17. The van der Waals surface area contributed by atoms with E-state index in [1.807, 2.05) is 16.8 Å². The van der Waals surface area contributed by atoms with Crippen LogP contribution in [0.4, 0.5) is 0 Å². The minimum atomic E-state index is -0.100. The summed E-state index contributed by atoms with van der Waals surface area (Å²) in [5.74, 6) is 1.14. The van der Waals surface area contributed by atoms with Gasteiger partial charge >= 0.3 is 0 Å². The summed E-state index contributed by atoms with van der Waals surface area (Å²) in [6.45, 7) is -0.100. The number of nitrogens with zero attached hydrogens (tertiary/aromatic N) is 2. The number of thiophene rings is 1. The van der Waals surface area contributed by atoms with Gasteiger partial charge < -0.3 is 5.11 Å². The second-order valence-corrected chi connectivity index (χ2v) is 3.06. The Morgan fingerprint density at radius 1 is 1.58 bits per heavy atom. The maximum atomic E-state index is 8.72. The molecule has 0 bridgehead atoms. The van der Waals surface area contributed by atoms with Gasteiger partial charge in [-0.25, -0.2) is 4.98 Å². The molecule has 0 aliphatic heterocycles. The van der Waals surface area contributed by atoms with E-state index in [9.17, 15) is 0 Å². The van der Waals surface area contributed by atoms with Gasteiger partial charge in [-0.15, -0.1) is 0 Å². The Kier molecular flexibility index (Phi) is 1.89. The summed E-state index contributed by atoms with van der Waals surface area (Å²) in [7, 11) is 0. The molecule has 5 heteroatoms. The van der Waals surface area contributed by atoms with Crippen LogP contribution in [0.2, 0.25) is 0 Å². The van der Waals surface area contributed by atoms with Crippen LogP contribution in [0, 0.1) is 0 Å². The Balaban J connectivity index is 2.35. The highest BCUT2D eigenvalue weighted by molar-refractivity contribution is 7.08. The van der Waals surface area contributed by atoms with Crippen LogP contribution in [-0.4, -0.2) is 20.3 Å². The molecule has 2 aromatic rings. The number of nitrogens with one attached hydrogen (secondary N) is 1. The standard InChI is InChI=1S/C7H7N3OS/c11-3-6-8-7(10-9-6)5-1-2-12-4-5/h1-2,4,11H,3H2,(H,8,9,10). The van der Waals surface area contributed by atoms with Gasteiger partial charge in [-0.05, 0) is 11.4 Å². The molecule has 0 saturated carbocycles. The van der Waals surface area contributed by atoms with Crippen LogP contribution < -0.4 is 0 Å². The van der Waals surface area contributed by atoms with Crippen molar-refractivity contribution in [2.75, 3.05) is 0 Å². The van der Waals surface area contributed by atoms with E-state index in [1.165, 1.54) is 0 Å². The molecule has 0 spiro atoms. The molecule has 0 atom stereocenters. The molecule has 4 nitrogen and oxygen atoms in total. The van der Waals surface area contributed by atoms with E-state index in [1.54, 1.807) is 11.3 Å². The Hall–Kier alpha value is -1.20. The highest BCUT2D eigenvalue weighted by atomic mass is 32.1. The Labute approximate surface area is 72.9 Å².